The summed E-state index contributed by atoms with van der Waals surface area (Å²) in [5.41, 5.74) is 9.82. The van der Waals surface area contributed by atoms with Crippen molar-refractivity contribution in [1.82, 2.24) is 44.3 Å². The van der Waals surface area contributed by atoms with E-state index in [4.69, 9.17) is 14.8 Å². The summed E-state index contributed by atoms with van der Waals surface area (Å²) in [7, 11) is 5.06. The lowest BCUT2D eigenvalue weighted by Crippen LogP contribution is -2.57. The van der Waals surface area contributed by atoms with E-state index in [1.54, 1.807) is 35.4 Å². The van der Waals surface area contributed by atoms with Crippen molar-refractivity contribution in [2.45, 2.75) is 64.0 Å². The number of aryl methyl sites for hydroxylation is 2. The predicted molar refractivity (Wildman–Crippen MR) is 277 cm³/mol. The van der Waals surface area contributed by atoms with Crippen LogP contribution in [-0.2, 0) is 30.1 Å². The summed E-state index contributed by atoms with van der Waals surface area (Å²) < 4.78 is 10.2. The number of para-hydroxylation sites is 1. The summed E-state index contributed by atoms with van der Waals surface area (Å²) in [6.07, 6.45) is 8.69. The van der Waals surface area contributed by atoms with Gasteiger partial charge in [-0.1, -0.05) is 37.3 Å². The van der Waals surface area contributed by atoms with Gasteiger partial charge in [-0.05, 0) is 103 Å². The number of hydrogen-bond donors (Lipinski definition) is 1. The third kappa shape index (κ3) is 8.22. The zero-order valence-corrected chi connectivity index (χ0v) is 41.4. The lowest BCUT2D eigenvalue weighted by Gasteiger charge is -2.47. The van der Waals surface area contributed by atoms with Crippen LogP contribution in [0, 0.1) is 0 Å². The number of imide groups is 1. The van der Waals surface area contributed by atoms with Crippen molar-refractivity contribution >= 4 is 51.6 Å². The van der Waals surface area contributed by atoms with Crippen molar-refractivity contribution in [2.24, 2.45) is 14.1 Å². The van der Waals surface area contributed by atoms with Crippen LogP contribution in [0.2, 0.25) is 0 Å². The standard InChI is InChI=1S/C54H59N13O5/c1-6-40-42(20-24-56-50(40)66-30-29-65(54(66)71)39-9-8-23-55-32-39)41-17-16-38(67-52(72-5)59-61(4)53(67)70)31-45(41)35-12-14-36(15-13-35)63-27-28-64(34(2)33-63)37-21-25-62(26-22-37)46-11-7-10-43-48(58-60(3)49(43)46)44-18-19-47(68)57-51(44)69/h7-17,20,23-24,31-32,34,37,44H,6,18-19,21-22,25-30,33H2,1-5H3,(H,57,68,69)/t34-,44?/m0/s1. The zero-order chi connectivity index (χ0) is 49.8. The van der Waals surface area contributed by atoms with Gasteiger partial charge < -0.3 is 14.5 Å². The third-order valence-corrected chi connectivity index (χ3v) is 15.2. The van der Waals surface area contributed by atoms with Crippen molar-refractivity contribution in [2.75, 3.05) is 72.5 Å². The molecule has 1 N–H and O–H groups in total. The Kier molecular flexibility index (Phi) is 12.3. The number of fused-ring (bicyclic) bond motifs is 1. The average Bonchev–Trinajstić information content (AvgIpc) is 4.06. The first-order valence-corrected chi connectivity index (χ1v) is 25.0. The molecule has 11 rings (SSSR count). The van der Waals surface area contributed by atoms with E-state index >= 15 is 0 Å². The SMILES string of the molecule is CCc1c(-c2ccc(-n3c(OC)nn(C)c3=O)cc2-c2ccc(N3CCN(C4CCN(c5cccc6c(C7CCC(=O)NC7=O)nn(C)c56)CC4)[C@@H](C)C3)cc2)ccnc1N1CCN(c2cccnc2)C1=O. The highest BCUT2D eigenvalue weighted by molar-refractivity contribution is 6.07. The van der Waals surface area contributed by atoms with Crippen molar-refractivity contribution in [3.63, 3.8) is 0 Å². The maximum absolute atomic E-state index is 14.0. The molecule has 4 aliphatic rings. The lowest BCUT2D eigenvalue weighted by atomic mass is 9.90. The summed E-state index contributed by atoms with van der Waals surface area (Å²) in [5, 5.41) is 12.6. The predicted octanol–water partition coefficient (Wildman–Crippen LogP) is 6.30. The number of methoxy groups -OCH3 is 1. The molecule has 0 aliphatic carbocycles. The number of piperazine rings is 1. The van der Waals surface area contributed by atoms with Gasteiger partial charge in [0, 0.05) is 107 Å². The summed E-state index contributed by atoms with van der Waals surface area (Å²) >= 11 is 0. The number of pyridine rings is 2. The first-order valence-electron chi connectivity index (χ1n) is 25.0. The fourth-order valence-electron chi connectivity index (χ4n) is 11.6. The molecule has 18 heteroatoms. The molecular weight excluding hydrogens is 911 g/mol. The molecule has 370 valence electrons. The molecule has 0 saturated carbocycles. The monoisotopic (exact) mass is 969 g/mol. The van der Waals surface area contributed by atoms with Crippen LogP contribution < -0.4 is 35.3 Å². The number of ether oxygens (including phenoxy) is 1. The van der Waals surface area contributed by atoms with Gasteiger partial charge >= 0.3 is 17.7 Å². The van der Waals surface area contributed by atoms with E-state index in [-0.39, 0.29) is 29.5 Å². The first kappa shape index (κ1) is 46.5. The third-order valence-electron chi connectivity index (χ3n) is 15.2. The van der Waals surface area contributed by atoms with E-state index < -0.39 is 5.92 Å². The van der Waals surface area contributed by atoms with Crippen LogP contribution in [-0.4, -0.2) is 122 Å². The Morgan fingerprint density at radius 3 is 2.26 bits per heavy atom. The Hall–Kier alpha value is -7.86. The van der Waals surface area contributed by atoms with Crippen molar-refractivity contribution in [3.8, 4) is 34.0 Å². The van der Waals surface area contributed by atoms with Crippen molar-refractivity contribution in [3.05, 3.63) is 119 Å². The number of carbonyl (C=O) groups excluding carboxylic acids is 3. The Morgan fingerprint density at radius 1 is 0.736 bits per heavy atom. The maximum atomic E-state index is 14.0. The quantitative estimate of drug-likeness (QED) is 0.144. The number of nitrogens with one attached hydrogen (secondary N) is 1. The lowest BCUT2D eigenvalue weighted by molar-refractivity contribution is -0.134. The highest BCUT2D eigenvalue weighted by Gasteiger charge is 2.36. The van der Waals surface area contributed by atoms with Crippen LogP contribution in [0.3, 0.4) is 0 Å². The second-order valence-corrected chi connectivity index (χ2v) is 19.3. The van der Waals surface area contributed by atoms with Gasteiger partial charge in [-0.25, -0.2) is 23.8 Å². The smallest absolute Gasteiger partial charge is 0.353 e. The number of hydrogen-bond acceptors (Lipinski definition) is 12. The van der Waals surface area contributed by atoms with Crippen molar-refractivity contribution in [1.29, 1.82) is 0 Å². The summed E-state index contributed by atoms with van der Waals surface area (Å²) in [6.45, 7) is 10.0. The molecule has 4 amide bonds. The Balaban J connectivity index is 0.823. The molecule has 4 saturated heterocycles. The van der Waals surface area contributed by atoms with E-state index in [1.807, 2.05) is 54.2 Å². The Labute approximate surface area is 417 Å². The molecule has 18 nitrogen and oxygen atoms in total. The van der Waals surface area contributed by atoms with Crippen LogP contribution in [0.1, 0.15) is 56.7 Å². The van der Waals surface area contributed by atoms with E-state index in [0.29, 0.717) is 55.9 Å². The zero-order valence-electron chi connectivity index (χ0n) is 41.4. The summed E-state index contributed by atoms with van der Waals surface area (Å²) in [4.78, 5) is 72.3. The van der Waals surface area contributed by atoms with Gasteiger partial charge in [-0.3, -0.25) is 39.3 Å². The van der Waals surface area contributed by atoms with Crippen LogP contribution >= 0.6 is 0 Å². The molecule has 72 heavy (non-hydrogen) atoms. The van der Waals surface area contributed by atoms with E-state index in [0.717, 1.165) is 107 Å². The molecule has 2 atom stereocenters. The minimum absolute atomic E-state index is 0.142. The molecule has 0 spiro atoms. The average molecular weight is 970 g/mol. The minimum atomic E-state index is -0.436. The molecule has 0 bridgehead atoms. The molecule has 3 aromatic carbocycles. The molecule has 4 aromatic heterocycles. The fourth-order valence-corrected chi connectivity index (χ4v) is 11.6. The Morgan fingerprint density at radius 2 is 1.53 bits per heavy atom. The van der Waals surface area contributed by atoms with Gasteiger partial charge in [0.2, 0.25) is 11.8 Å². The molecule has 8 heterocycles. The highest BCUT2D eigenvalue weighted by atomic mass is 16.5. The summed E-state index contributed by atoms with van der Waals surface area (Å²) in [6, 6.07) is 27.5. The van der Waals surface area contributed by atoms with Crippen molar-refractivity contribution < 1.29 is 19.1 Å². The Bertz CT molecular complexity index is 3270. The second kappa shape index (κ2) is 19.0. The van der Waals surface area contributed by atoms with E-state index in [9.17, 15) is 19.2 Å². The number of carbonyl (C=O) groups is 3. The molecular formula is C54H59N13O5. The normalized spacial score (nSPS) is 19.2. The molecule has 0 radical (unpaired) electrons. The van der Waals surface area contributed by atoms with Gasteiger partial charge in [-0.2, -0.15) is 5.10 Å². The first-order chi connectivity index (χ1) is 35.0. The van der Waals surface area contributed by atoms with Crippen LogP contribution in [0.5, 0.6) is 6.01 Å². The fraction of sp³-hybridized carbons (Fsp3) is 0.370. The minimum Gasteiger partial charge on any atom is -0.467 e. The summed E-state index contributed by atoms with van der Waals surface area (Å²) in [5.74, 6) is -0.295. The number of rotatable bonds is 11. The molecule has 1 unspecified atom stereocenters. The van der Waals surface area contributed by atoms with Gasteiger partial charge in [0.25, 0.3) is 0 Å². The van der Waals surface area contributed by atoms with E-state index in [2.05, 4.69) is 80.3 Å². The van der Waals surface area contributed by atoms with Crippen LogP contribution in [0.25, 0.3) is 38.8 Å². The topological polar surface area (TPSA) is 172 Å². The highest BCUT2D eigenvalue weighted by Crippen LogP contribution is 2.41. The molecule has 4 fully saturated rings. The number of benzene rings is 3. The number of piperidine rings is 2. The number of urea groups is 1. The van der Waals surface area contributed by atoms with E-state index in [1.165, 1.54) is 16.4 Å². The van der Waals surface area contributed by atoms with Gasteiger partial charge in [0.15, 0.2) is 0 Å². The maximum Gasteiger partial charge on any atom is 0.353 e. The van der Waals surface area contributed by atoms with Crippen LogP contribution in [0.15, 0.2) is 102 Å². The van der Waals surface area contributed by atoms with Gasteiger partial charge in [0.05, 0.1) is 47.5 Å². The molecule has 4 aliphatic heterocycles. The number of aromatic nitrogens is 7. The largest absolute Gasteiger partial charge is 0.467 e. The number of amides is 4. The van der Waals surface area contributed by atoms with Gasteiger partial charge in [0.1, 0.15) is 5.82 Å². The van der Waals surface area contributed by atoms with Crippen LogP contribution in [0.4, 0.5) is 27.7 Å². The second-order valence-electron chi connectivity index (χ2n) is 19.3. The molecule has 7 aromatic rings. The number of nitrogens with zero attached hydrogens (tertiary/aromatic N) is 12. The van der Waals surface area contributed by atoms with Gasteiger partial charge in [-0.15, -0.1) is 5.10 Å². The number of anilines is 4.